The number of rotatable bonds is 10. The Balaban J connectivity index is 0.672. The van der Waals surface area contributed by atoms with Crippen molar-refractivity contribution >= 4 is 80.0 Å². The van der Waals surface area contributed by atoms with Crippen LogP contribution in [0.3, 0.4) is 0 Å². The van der Waals surface area contributed by atoms with Gasteiger partial charge in [-0.05, 0) is 185 Å². The van der Waals surface area contributed by atoms with Crippen LogP contribution in [0, 0.1) is 22.7 Å². The summed E-state index contributed by atoms with van der Waals surface area (Å²) in [5, 5.41) is 24.0. The van der Waals surface area contributed by atoms with Crippen LogP contribution in [0.1, 0.15) is 108 Å². The maximum absolute atomic E-state index is 9.66. The summed E-state index contributed by atoms with van der Waals surface area (Å²) in [6, 6.07) is 92.2. The lowest BCUT2D eigenvalue weighted by molar-refractivity contribution is 0.660. The highest BCUT2D eigenvalue weighted by molar-refractivity contribution is 6.01. The first-order valence-corrected chi connectivity index (χ1v) is 30.1. The molecule has 0 spiro atoms. The van der Waals surface area contributed by atoms with Crippen LogP contribution in [-0.4, -0.2) is 0 Å². The number of nitriles is 2. The number of fused-ring (bicyclic) bond motifs is 11. The van der Waals surface area contributed by atoms with E-state index in [-0.39, 0.29) is 16.2 Å². The van der Waals surface area contributed by atoms with Crippen molar-refractivity contribution in [1.82, 2.24) is 0 Å². The van der Waals surface area contributed by atoms with Gasteiger partial charge in [0.2, 0.25) is 0 Å². The van der Waals surface area contributed by atoms with Gasteiger partial charge >= 0.3 is 0 Å². The molecular weight excluding hydrogens is 1050 g/mol. The average molecular weight is 1120 g/mol. The van der Waals surface area contributed by atoms with Crippen LogP contribution >= 0.6 is 0 Å². The van der Waals surface area contributed by atoms with Gasteiger partial charge in [0.25, 0.3) is 0 Å². The molecule has 3 aliphatic carbocycles. The molecule has 4 heteroatoms. The summed E-state index contributed by atoms with van der Waals surface area (Å²) in [5.74, 6) is 0. The summed E-state index contributed by atoms with van der Waals surface area (Å²) in [7, 11) is 0. The van der Waals surface area contributed by atoms with E-state index in [1.807, 2.05) is 24.3 Å². The van der Waals surface area contributed by atoms with Crippen LogP contribution in [0.5, 0.6) is 0 Å². The van der Waals surface area contributed by atoms with Crippen molar-refractivity contribution in [3.8, 4) is 45.5 Å². The largest absolute Gasteiger partial charge is 0.310 e. The first-order valence-electron chi connectivity index (χ1n) is 30.1. The van der Waals surface area contributed by atoms with Gasteiger partial charge in [-0.15, -0.1) is 0 Å². The van der Waals surface area contributed by atoms with E-state index in [9.17, 15) is 10.5 Å². The Morgan fingerprint density at radius 2 is 0.563 bits per heavy atom. The summed E-state index contributed by atoms with van der Waals surface area (Å²) in [4.78, 5) is 4.66. The number of nitrogens with zero attached hydrogens (tertiary/aromatic N) is 4. The third-order valence-electron chi connectivity index (χ3n) is 19.1. The second kappa shape index (κ2) is 20.2. The fourth-order valence-electron chi connectivity index (χ4n) is 14.4. The fourth-order valence-corrected chi connectivity index (χ4v) is 14.4. The monoisotopic (exact) mass is 1110 g/mol. The standard InChI is InChI=1S/C83H62N4/c1-81(2)73-45-53(21-23-55-31-41-69-71-43-37-63(49-77(71)82(3,4)75(69)47-55)86(61-33-25-57(51-84)26-34-61)79-19-11-15-59-13-7-9-17-65(59)79)29-39-67(73)68-40-30-54(46-74(68)81)22-24-56-32-42-70-72-44-38-64(50-78(72)83(5,6)76(70)48-56)87(62-35-27-58(52-85)28-36-62)80-20-12-16-60-14-8-10-18-66(60)80/h7-50H,1-6H3/b23-21+,24-22+. The minimum atomic E-state index is -0.244. The first-order chi connectivity index (χ1) is 42.3. The summed E-state index contributed by atoms with van der Waals surface area (Å²) in [5.41, 5.74) is 27.3. The minimum absolute atomic E-state index is 0.185. The van der Waals surface area contributed by atoms with Crippen molar-refractivity contribution in [2.24, 2.45) is 0 Å². The quantitative estimate of drug-likeness (QED) is 0.128. The topological polar surface area (TPSA) is 54.1 Å². The minimum Gasteiger partial charge on any atom is -0.310 e. The molecule has 0 N–H and O–H groups in total. The van der Waals surface area contributed by atoms with Crippen molar-refractivity contribution in [3.63, 3.8) is 0 Å². The first kappa shape index (κ1) is 53.0. The van der Waals surface area contributed by atoms with E-state index in [4.69, 9.17) is 0 Å². The maximum Gasteiger partial charge on any atom is 0.0991 e. The predicted molar refractivity (Wildman–Crippen MR) is 364 cm³/mol. The molecular formula is C83H62N4. The molecule has 0 fully saturated rings. The highest BCUT2D eigenvalue weighted by Crippen LogP contribution is 2.54. The highest BCUT2D eigenvalue weighted by Gasteiger charge is 2.39. The molecule has 0 saturated carbocycles. The van der Waals surface area contributed by atoms with Crippen LogP contribution in [0.2, 0.25) is 0 Å². The lowest BCUT2D eigenvalue weighted by Crippen LogP contribution is -2.17. The van der Waals surface area contributed by atoms with Gasteiger partial charge in [0.15, 0.2) is 0 Å². The van der Waals surface area contributed by atoms with E-state index in [1.165, 1.54) is 111 Å². The molecule has 0 saturated heterocycles. The van der Waals surface area contributed by atoms with Crippen LogP contribution < -0.4 is 9.80 Å². The summed E-state index contributed by atoms with van der Waals surface area (Å²) >= 11 is 0. The van der Waals surface area contributed by atoms with Gasteiger partial charge < -0.3 is 9.80 Å². The van der Waals surface area contributed by atoms with Gasteiger partial charge in [-0.3, -0.25) is 0 Å². The Labute approximate surface area is 510 Å². The van der Waals surface area contributed by atoms with Crippen LogP contribution in [0.4, 0.5) is 34.1 Å². The molecule has 414 valence electrons. The maximum atomic E-state index is 9.66. The van der Waals surface area contributed by atoms with Crippen molar-refractivity contribution in [2.45, 2.75) is 57.8 Å². The normalized spacial score (nSPS) is 14.3. The summed E-state index contributed by atoms with van der Waals surface area (Å²) in [6.07, 6.45) is 9.09. The lowest BCUT2D eigenvalue weighted by atomic mass is 9.81. The average Bonchev–Trinajstić information content (AvgIpc) is 1.83. The zero-order valence-electron chi connectivity index (χ0n) is 49.7. The van der Waals surface area contributed by atoms with Gasteiger partial charge in [0.05, 0.1) is 34.6 Å². The molecule has 4 nitrogen and oxygen atoms in total. The Morgan fingerprint density at radius 1 is 0.287 bits per heavy atom. The number of benzene rings is 12. The van der Waals surface area contributed by atoms with E-state index < -0.39 is 0 Å². The Morgan fingerprint density at radius 3 is 0.885 bits per heavy atom. The third kappa shape index (κ3) is 8.71. The zero-order valence-corrected chi connectivity index (χ0v) is 49.7. The van der Waals surface area contributed by atoms with Gasteiger partial charge in [-0.25, -0.2) is 0 Å². The molecule has 12 aromatic rings. The van der Waals surface area contributed by atoms with Crippen molar-refractivity contribution in [2.75, 3.05) is 9.80 Å². The Bertz CT molecular complexity index is 4650. The third-order valence-corrected chi connectivity index (χ3v) is 19.1. The molecule has 3 aliphatic rings. The molecule has 87 heavy (non-hydrogen) atoms. The molecule has 0 radical (unpaired) electrons. The SMILES string of the molecule is CC1(C)c2cc(/C=C/c3ccc4c(c3)C(C)(C)c3cc(N(c5ccc(C#N)cc5)c5cccc6ccccc56)ccc3-4)ccc2-c2ccc(/C=C/c3ccc4c(c3)C(C)(C)c3cc(N(c5ccc(C#N)cc5)c5cccc6ccccc56)ccc3-4)cc21. The molecule has 0 aliphatic heterocycles. The lowest BCUT2D eigenvalue weighted by Gasteiger charge is -2.29. The highest BCUT2D eigenvalue weighted by atomic mass is 15.1. The molecule has 15 rings (SSSR count). The number of hydrogen-bond acceptors (Lipinski definition) is 4. The predicted octanol–water partition coefficient (Wildman–Crippen LogP) is 21.9. The summed E-state index contributed by atoms with van der Waals surface area (Å²) in [6.45, 7) is 14.1. The van der Waals surface area contributed by atoms with Gasteiger partial charge in [-0.1, -0.05) is 224 Å². The Hall–Kier alpha value is -10.8. The van der Waals surface area contributed by atoms with E-state index in [2.05, 4.69) is 306 Å². The van der Waals surface area contributed by atoms with E-state index in [1.54, 1.807) is 0 Å². The van der Waals surface area contributed by atoms with Crippen LogP contribution in [0.15, 0.2) is 243 Å². The van der Waals surface area contributed by atoms with Crippen molar-refractivity contribution in [1.29, 1.82) is 10.5 Å². The van der Waals surface area contributed by atoms with Gasteiger partial charge in [-0.2, -0.15) is 10.5 Å². The van der Waals surface area contributed by atoms with Crippen LogP contribution in [0.25, 0.3) is 79.2 Å². The van der Waals surface area contributed by atoms with E-state index in [0.717, 1.165) is 34.1 Å². The van der Waals surface area contributed by atoms with Crippen molar-refractivity contribution in [3.05, 3.63) is 309 Å². The van der Waals surface area contributed by atoms with Crippen LogP contribution in [-0.2, 0) is 16.2 Å². The molecule has 12 aromatic carbocycles. The van der Waals surface area contributed by atoms with Gasteiger partial charge in [0, 0.05) is 49.8 Å². The molecule has 0 aromatic heterocycles. The zero-order chi connectivity index (χ0) is 59.3. The molecule has 0 bridgehead atoms. The van der Waals surface area contributed by atoms with Crippen molar-refractivity contribution < 1.29 is 0 Å². The second-order valence-electron chi connectivity index (χ2n) is 25.2. The molecule has 0 unspecified atom stereocenters. The second-order valence-corrected chi connectivity index (χ2v) is 25.2. The Kier molecular flexibility index (Phi) is 12.3. The molecule has 0 amide bonds. The van der Waals surface area contributed by atoms with Gasteiger partial charge in [0.1, 0.15) is 0 Å². The van der Waals surface area contributed by atoms with E-state index >= 15 is 0 Å². The molecule has 0 atom stereocenters. The summed E-state index contributed by atoms with van der Waals surface area (Å²) < 4.78 is 0. The molecule has 0 heterocycles. The number of anilines is 6. The fraction of sp³-hybridized carbons (Fsp3) is 0.108. The van der Waals surface area contributed by atoms with E-state index in [0.29, 0.717) is 11.1 Å². The smallest absolute Gasteiger partial charge is 0.0991 e. The number of hydrogen-bond donors (Lipinski definition) is 0.